The molecule has 3 heterocycles. The van der Waals surface area contributed by atoms with E-state index in [9.17, 15) is 4.39 Å². The predicted octanol–water partition coefficient (Wildman–Crippen LogP) is 2.90. The summed E-state index contributed by atoms with van der Waals surface area (Å²) in [7, 11) is 0. The summed E-state index contributed by atoms with van der Waals surface area (Å²) in [6.07, 6.45) is 2.60. The lowest BCUT2D eigenvalue weighted by Crippen LogP contribution is -2.36. The van der Waals surface area contributed by atoms with E-state index >= 15 is 0 Å². The van der Waals surface area contributed by atoms with Crippen LogP contribution in [0.4, 0.5) is 4.39 Å². The number of aromatic nitrogens is 2. The van der Waals surface area contributed by atoms with Crippen LogP contribution in [0.1, 0.15) is 31.2 Å². The molecule has 0 saturated carbocycles. The summed E-state index contributed by atoms with van der Waals surface area (Å²) >= 11 is 0. The van der Waals surface area contributed by atoms with E-state index in [4.69, 9.17) is 9.84 Å². The predicted molar refractivity (Wildman–Crippen MR) is 98.5 cm³/mol. The van der Waals surface area contributed by atoms with Gasteiger partial charge in [-0.05, 0) is 56.6 Å². The lowest BCUT2D eigenvalue weighted by Gasteiger charge is -2.27. The van der Waals surface area contributed by atoms with Gasteiger partial charge in [-0.25, -0.2) is 4.39 Å². The smallest absolute Gasteiger partial charge is 0.123 e. The third kappa shape index (κ3) is 4.07. The summed E-state index contributed by atoms with van der Waals surface area (Å²) in [5.41, 5.74) is 2.48. The van der Waals surface area contributed by atoms with Gasteiger partial charge in [-0.2, -0.15) is 5.10 Å². The van der Waals surface area contributed by atoms with E-state index in [1.165, 1.54) is 42.9 Å². The molecule has 1 fully saturated rings. The first kappa shape index (κ1) is 17.5. The Hall–Kier alpha value is -1.92. The lowest BCUT2D eigenvalue weighted by molar-refractivity contribution is 0.172. The van der Waals surface area contributed by atoms with Crippen molar-refractivity contribution in [2.45, 2.75) is 45.4 Å². The summed E-state index contributed by atoms with van der Waals surface area (Å²) in [6.45, 7) is 8.77. The summed E-state index contributed by atoms with van der Waals surface area (Å²) in [4.78, 5) is 4.92. The number of hydrogen-bond donors (Lipinski definition) is 0. The Morgan fingerprint density at radius 2 is 2.04 bits per heavy atom. The Morgan fingerprint density at radius 1 is 1.19 bits per heavy atom. The molecule has 1 aromatic heterocycles. The monoisotopic (exact) mass is 358 g/mol. The van der Waals surface area contributed by atoms with Crippen LogP contribution < -0.4 is 4.74 Å². The van der Waals surface area contributed by atoms with E-state index in [-0.39, 0.29) is 5.82 Å². The maximum Gasteiger partial charge on any atom is 0.123 e. The van der Waals surface area contributed by atoms with Crippen LogP contribution in [-0.4, -0.2) is 51.9 Å². The second kappa shape index (κ2) is 7.76. The molecule has 5 nitrogen and oxygen atoms in total. The summed E-state index contributed by atoms with van der Waals surface area (Å²) in [5, 5.41) is 4.80. The number of halogens is 1. The molecule has 1 aromatic carbocycles. The van der Waals surface area contributed by atoms with Crippen LogP contribution in [0.5, 0.6) is 5.75 Å². The normalized spacial score (nSPS) is 21.1. The lowest BCUT2D eigenvalue weighted by atomic mass is 10.2. The highest BCUT2D eigenvalue weighted by Crippen LogP contribution is 2.21. The van der Waals surface area contributed by atoms with Crippen LogP contribution in [0.2, 0.25) is 0 Å². The second-order valence-corrected chi connectivity index (χ2v) is 7.39. The molecule has 0 aliphatic carbocycles. The maximum absolute atomic E-state index is 12.9. The van der Waals surface area contributed by atoms with Gasteiger partial charge in [-0.3, -0.25) is 14.5 Å². The number of likely N-dealkylation sites (tertiary alicyclic amines) is 1. The molecule has 1 saturated heterocycles. The Bertz CT molecular complexity index is 730. The van der Waals surface area contributed by atoms with Crippen molar-refractivity contribution in [3.8, 4) is 5.75 Å². The average Bonchev–Trinajstić information content (AvgIpc) is 3.22. The number of hydrogen-bond acceptors (Lipinski definition) is 4. The molecule has 0 unspecified atom stereocenters. The molecule has 0 radical (unpaired) electrons. The van der Waals surface area contributed by atoms with E-state index in [1.54, 1.807) is 12.1 Å². The van der Waals surface area contributed by atoms with Crippen molar-refractivity contribution in [2.75, 3.05) is 26.2 Å². The van der Waals surface area contributed by atoms with Gasteiger partial charge in [0, 0.05) is 32.2 Å². The van der Waals surface area contributed by atoms with E-state index in [2.05, 4.69) is 27.5 Å². The van der Waals surface area contributed by atoms with E-state index in [0.717, 1.165) is 38.5 Å². The molecule has 0 spiro atoms. The van der Waals surface area contributed by atoms with Gasteiger partial charge >= 0.3 is 0 Å². The largest absolute Gasteiger partial charge is 0.492 e. The first-order valence-corrected chi connectivity index (χ1v) is 9.58. The number of ether oxygens (including phenoxy) is 1. The Morgan fingerprint density at radius 3 is 2.81 bits per heavy atom. The van der Waals surface area contributed by atoms with Gasteiger partial charge < -0.3 is 4.74 Å². The third-order valence-corrected chi connectivity index (χ3v) is 5.47. The topological polar surface area (TPSA) is 33.5 Å². The molecule has 2 aliphatic rings. The minimum absolute atomic E-state index is 0.235. The van der Waals surface area contributed by atoms with Crippen molar-refractivity contribution in [3.05, 3.63) is 47.5 Å². The molecule has 0 bridgehead atoms. The molecule has 1 atom stereocenters. The van der Waals surface area contributed by atoms with Crippen molar-refractivity contribution >= 4 is 0 Å². The SMILES string of the molecule is C[C@@H]1CCCN1Cc1cc2n(n1)CCN(CCOc1ccc(F)cc1)C2. The van der Waals surface area contributed by atoms with Crippen molar-refractivity contribution in [2.24, 2.45) is 0 Å². The number of fused-ring (bicyclic) bond motifs is 1. The van der Waals surface area contributed by atoms with Gasteiger partial charge in [0.2, 0.25) is 0 Å². The van der Waals surface area contributed by atoms with Gasteiger partial charge in [-0.15, -0.1) is 0 Å². The van der Waals surface area contributed by atoms with Crippen LogP contribution >= 0.6 is 0 Å². The highest BCUT2D eigenvalue weighted by atomic mass is 19.1. The molecule has 6 heteroatoms. The van der Waals surface area contributed by atoms with Gasteiger partial charge in [-0.1, -0.05) is 0 Å². The summed E-state index contributed by atoms with van der Waals surface area (Å²) in [5.74, 6) is 0.483. The third-order valence-electron chi connectivity index (χ3n) is 5.47. The van der Waals surface area contributed by atoms with Crippen LogP contribution in [-0.2, 0) is 19.6 Å². The maximum atomic E-state index is 12.9. The van der Waals surface area contributed by atoms with Gasteiger partial charge in [0.15, 0.2) is 0 Å². The zero-order valence-corrected chi connectivity index (χ0v) is 15.4. The van der Waals surface area contributed by atoms with Crippen LogP contribution in [0.25, 0.3) is 0 Å². The molecule has 0 N–H and O–H groups in total. The molecule has 26 heavy (non-hydrogen) atoms. The minimum Gasteiger partial charge on any atom is -0.492 e. The van der Waals surface area contributed by atoms with Crippen molar-refractivity contribution in [1.29, 1.82) is 0 Å². The molecule has 140 valence electrons. The fourth-order valence-corrected chi connectivity index (χ4v) is 3.91. The zero-order chi connectivity index (χ0) is 17.9. The quantitative estimate of drug-likeness (QED) is 0.795. The molecule has 2 aromatic rings. The first-order chi connectivity index (χ1) is 12.7. The molecular weight excluding hydrogens is 331 g/mol. The fraction of sp³-hybridized carbons (Fsp3) is 0.550. The van der Waals surface area contributed by atoms with Crippen molar-refractivity contribution in [1.82, 2.24) is 19.6 Å². The number of benzene rings is 1. The average molecular weight is 358 g/mol. The van der Waals surface area contributed by atoms with E-state index < -0.39 is 0 Å². The van der Waals surface area contributed by atoms with E-state index in [1.807, 2.05) is 0 Å². The van der Waals surface area contributed by atoms with Gasteiger partial charge in [0.25, 0.3) is 0 Å². The first-order valence-electron chi connectivity index (χ1n) is 9.58. The van der Waals surface area contributed by atoms with Crippen molar-refractivity contribution in [3.63, 3.8) is 0 Å². The highest BCUT2D eigenvalue weighted by molar-refractivity contribution is 5.22. The minimum atomic E-state index is -0.235. The number of nitrogens with zero attached hydrogens (tertiary/aromatic N) is 4. The molecule has 0 amide bonds. The Kier molecular flexibility index (Phi) is 5.22. The van der Waals surface area contributed by atoms with Crippen LogP contribution in [0.15, 0.2) is 30.3 Å². The Balaban J connectivity index is 1.28. The van der Waals surface area contributed by atoms with Crippen molar-refractivity contribution < 1.29 is 9.13 Å². The van der Waals surface area contributed by atoms with Crippen LogP contribution in [0, 0.1) is 5.82 Å². The van der Waals surface area contributed by atoms with E-state index in [0.29, 0.717) is 12.6 Å². The van der Waals surface area contributed by atoms with Gasteiger partial charge in [0.1, 0.15) is 18.2 Å². The zero-order valence-electron chi connectivity index (χ0n) is 15.4. The fourth-order valence-electron chi connectivity index (χ4n) is 3.91. The highest BCUT2D eigenvalue weighted by Gasteiger charge is 2.23. The summed E-state index contributed by atoms with van der Waals surface area (Å²) in [6, 6.07) is 9.14. The molecule has 2 aliphatic heterocycles. The molecular formula is C20H27FN4O. The Labute approximate surface area is 154 Å². The molecule has 4 rings (SSSR count). The second-order valence-electron chi connectivity index (χ2n) is 7.39. The number of rotatable bonds is 6. The van der Waals surface area contributed by atoms with Gasteiger partial charge in [0.05, 0.1) is 17.9 Å². The standard InChI is InChI=1S/C20H27FN4O/c1-16-3-2-8-24(16)14-18-13-19-15-23(9-10-25(19)22-18)11-12-26-20-6-4-17(21)5-7-20/h4-7,13,16H,2-3,8-12,14-15H2,1H3/t16-/m1/s1. The van der Waals surface area contributed by atoms with Crippen LogP contribution in [0.3, 0.4) is 0 Å². The summed E-state index contributed by atoms with van der Waals surface area (Å²) < 4.78 is 20.8.